The molecule has 0 saturated carbocycles. The number of hydrogen-bond acceptors (Lipinski definition) is 3. The molecule has 2 aliphatic heterocycles. The maximum Gasteiger partial charge on any atom is 0.237 e. The fraction of sp³-hybridized carbons (Fsp3) is 0.588. The van der Waals surface area contributed by atoms with Crippen LogP contribution in [-0.4, -0.2) is 47.9 Å². The van der Waals surface area contributed by atoms with Crippen LogP contribution in [0.4, 0.5) is 0 Å². The summed E-state index contributed by atoms with van der Waals surface area (Å²) in [6.45, 7) is 3.14. The molecule has 0 radical (unpaired) electrons. The van der Waals surface area contributed by atoms with E-state index in [4.69, 9.17) is 28.9 Å². The molecule has 3 rings (SSSR count). The Labute approximate surface area is 147 Å². The van der Waals surface area contributed by atoms with E-state index in [0.29, 0.717) is 16.6 Å². The molecule has 1 aromatic rings. The van der Waals surface area contributed by atoms with Gasteiger partial charge in [-0.15, -0.1) is 0 Å². The van der Waals surface area contributed by atoms with E-state index in [1.807, 2.05) is 23.1 Å². The number of carbonyl (C=O) groups excluding carboxylic acids is 1. The van der Waals surface area contributed by atoms with E-state index >= 15 is 0 Å². The number of piperidine rings is 1. The molecule has 2 fully saturated rings. The third kappa shape index (κ3) is 4.00. The number of benzene rings is 1. The number of rotatable bonds is 3. The maximum atomic E-state index is 12.7. The lowest BCUT2D eigenvalue weighted by Gasteiger charge is -2.32. The van der Waals surface area contributed by atoms with Gasteiger partial charge in [0.05, 0.1) is 22.6 Å². The molecule has 0 spiro atoms. The average molecular weight is 356 g/mol. The summed E-state index contributed by atoms with van der Waals surface area (Å²) in [5, 5.41) is 1.10. The molecule has 6 heteroatoms. The highest BCUT2D eigenvalue weighted by Crippen LogP contribution is 2.35. The van der Waals surface area contributed by atoms with E-state index in [1.165, 1.54) is 0 Å². The lowest BCUT2D eigenvalue weighted by Crippen LogP contribution is -2.45. The van der Waals surface area contributed by atoms with Gasteiger partial charge in [-0.05, 0) is 43.4 Å². The van der Waals surface area contributed by atoms with Crippen LogP contribution in [0, 0.1) is 0 Å². The van der Waals surface area contributed by atoms with E-state index in [1.54, 1.807) is 0 Å². The largest absolute Gasteiger partial charge is 0.335 e. The topological polar surface area (TPSA) is 49.6 Å². The van der Waals surface area contributed by atoms with Crippen LogP contribution in [0.25, 0.3) is 0 Å². The number of halogens is 2. The zero-order valence-electron chi connectivity index (χ0n) is 13.2. The third-order valence-corrected chi connectivity index (χ3v) is 5.63. The molecule has 0 aliphatic carbocycles. The van der Waals surface area contributed by atoms with Crippen LogP contribution >= 0.6 is 23.2 Å². The second-order valence-corrected chi connectivity index (χ2v) is 7.35. The molecule has 2 saturated heterocycles. The first-order valence-electron chi connectivity index (χ1n) is 8.27. The third-order valence-electron chi connectivity index (χ3n) is 4.89. The summed E-state index contributed by atoms with van der Waals surface area (Å²) in [6, 6.07) is 6.08. The Balaban J connectivity index is 1.66. The number of hydrogen-bond donors (Lipinski definition) is 1. The predicted octanol–water partition coefficient (Wildman–Crippen LogP) is 3.08. The number of nitrogens with two attached hydrogens (primary N) is 1. The van der Waals surface area contributed by atoms with Gasteiger partial charge < -0.3 is 10.6 Å². The van der Waals surface area contributed by atoms with Gasteiger partial charge in [0.15, 0.2) is 0 Å². The number of carbonyl (C=O) groups is 1. The molecule has 1 aromatic carbocycles. The Hall–Kier alpha value is -0.810. The standard InChI is InChI=1S/C17H23Cl2N3O/c18-14-4-3-12(10-15(14)19)16-2-1-7-22(16)17(23)11-21-8-5-13(20)6-9-21/h3-4,10,13,16H,1-2,5-9,11,20H2. The first kappa shape index (κ1) is 17.0. The second kappa shape index (κ2) is 7.39. The normalized spacial score (nSPS) is 23.4. The quantitative estimate of drug-likeness (QED) is 0.906. The molecule has 1 unspecified atom stereocenters. The summed E-state index contributed by atoms with van der Waals surface area (Å²) in [6.07, 6.45) is 3.96. The molecule has 1 atom stereocenters. The summed E-state index contributed by atoms with van der Waals surface area (Å²) < 4.78 is 0. The van der Waals surface area contributed by atoms with Crippen molar-refractivity contribution in [2.24, 2.45) is 5.73 Å². The first-order chi connectivity index (χ1) is 11.0. The number of amides is 1. The summed E-state index contributed by atoms with van der Waals surface area (Å²) >= 11 is 12.1. The smallest absolute Gasteiger partial charge is 0.237 e. The van der Waals surface area contributed by atoms with Crippen LogP contribution in [0.3, 0.4) is 0 Å². The minimum Gasteiger partial charge on any atom is -0.335 e. The minimum absolute atomic E-state index is 0.115. The molecule has 23 heavy (non-hydrogen) atoms. The van der Waals surface area contributed by atoms with Gasteiger partial charge in [-0.1, -0.05) is 29.3 Å². The Morgan fingerprint density at radius 2 is 1.87 bits per heavy atom. The van der Waals surface area contributed by atoms with Crippen molar-refractivity contribution in [3.63, 3.8) is 0 Å². The van der Waals surface area contributed by atoms with Gasteiger partial charge >= 0.3 is 0 Å². The average Bonchev–Trinajstić information content (AvgIpc) is 3.02. The Kier molecular flexibility index (Phi) is 5.47. The summed E-state index contributed by atoms with van der Waals surface area (Å²) in [5.74, 6) is 0.203. The summed E-state index contributed by atoms with van der Waals surface area (Å²) in [7, 11) is 0. The summed E-state index contributed by atoms with van der Waals surface area (Å²) in [4.78, 5) is 16.9. The van der Waals surface area contributed by atoms with Gasteiger partial charge in [-0.25, -0.2) is 0 Å². The highest BCUT2D eigenvalue weighted by atomic mass is 35.5. The fourth-order valence-electron chi connectivity index (χ4n) is 3.52. The van der Waals surface area contributed by atoms with Crippen molar-refractivity contribution >= 4 is 29.1 Å². The molecule has 2 aliphatic rings. The van der Waals surface area contributed by atoms with Gasteiger partial charge in [-0.3, -0.25) is 9.69 Å². The van der Waals surface area contributed by atoms with Crippen molar-refractivity contribution in [2.45, 2.75) is 37.8 Å². The lowest BCUT2D eigenvalue weighted by atomic mass is 10.0. The van der Waals surface area contributed by atoms with Gasteiger partial charge in [0.25, 0.3) is 0 Å². The number of nitrogens with zero attached hydrogens (tertiary/aromatic N) is 2. The minimum atomic E-state index is 0.115. The van der Waals surface area contributed by atoms with Crippen molar-refractivity contribution in [3.8, 4) is 0 Å². The van der Waals surface area contributed by atoms with Crippen molar-refractivity contribution in [1.29, 1.82) is 0 Å². The van der Waals surface area contributed by atoms with E-state index in [9.17, 15) is 4.79 Å². The molecular formula is C17H23Cl2N3O. The molecule has 0 bridgehead atoms. The van der Waals surface area contributed by atoms with E-state index in [2.05, 4.69) is 4.90 Å². The monoisotopic (exact) mass is 355 g/mol. The van der Waals surface area contributed by atoms with Crippen LogP contribution in [0.2, 0.25) is 10.0 Å². The molecule has 126 valence electrons. The molecule has 4 nitrogen and oxygen atoms in total. The highest BCUT2D eigenvalue weighted by Gasteiger charge is 2.31. The Bertz CT molecular complexity index is 573. The van der Waals surface area contributed by atoms with Crippen molar-refractivity contribution in [3.05, 3.63) is 33.8 Å². The zero-order chi connectivity index (χ0) is 16.4. The van der Waals surface area contributed by atoms with Crippen molar-refractivity contribution in [2.75, 3.05) is 26.2 Å². The molecule has 2 N–H and O–H groups in total. The highest BCUT2D eigenvalue weighted by molar-refractivity contribution is 6.42. The fourth-order valence-corrected chi connectivity index (χ4v) is 3.83. The van der Waals surface area contributed by atoms with Gasteiger partial charge in [0.2, 0.25) is 5.91 Å². The van der Waals surface area contributed by atoms with Crippen LogP contribution in [0.1, 0.15) is 37.3 Å². The van der Waals surface area contributed by atoms with Crippen LogP contribution in [-0.2, 0) is 4.79 Å². The van der Waals surface area contributed by atoms with Crippen LogP contribution in [0.15, 0.2) is 18.2 Å². The predicted molar refractivity (Wildman–Crippen MR) is 93.8 cm³/mol. The number of likely N-dealkylation sites (tertiary alicyclic amines) is 2. The Morgan fingerprint density at radius 1 is 1.13 bits per heavy atom. The van der Waals surface area contributed by atoms with E-state index < -0.39 is 0 Å². The molecule has 0 aromatic heterocycles. The Morgan fingerprint density at radius 3 is 2.57 bits per heavy atom. The van der Waals surface area contributed by atoms with Crippen LogP contribution < -0.4 is 5.73 Å². The van der Waals surface area contributed by atoms with Gasteiger partial charge in [0, 0.05) is 25.7 Å². The molecular weight excluding hydrogens is 333 g/mol. The van der Waals surface area contributed by atoms with Gasteiger partial charge in [-0.2, -0.15) is 0 Å². The van der Waals surface area contributed by atoms with Gasteiger partial charge in [0.1, 0.15) is 0 Å². The van der Waals surface area contributed by atoms with E-state index in [0.717, 1.165) is 50.9 Å². The second-order valence-electron chi connectivity index (χ2n) is 6.53. The van der Waals surface area contributed by atoms with Crippen LogP contribution in [0.5, 0.6) is 0 Å². The van der Waals surface area contributed by atoms with Crippen molar-refractivity contribution in [1.82, 2.24) is 9.80 Å². The zero-order valence-corrected chi connectivity index (χ0v) is 14.7. The molecule has 2 heterocycles. The van der Waals surface area contributed by atoms with E-state index in [-0.39, 0.29) is 18.0 Å². The molecule has 1 amide bonds. The SMILES string of the molecule is NC1CCN(CC(=O)N2CCCC2c2ccc(Cl)c(Cl)c2)CC1. The van der Waals surface area contributed by atoms with Crippen molar-refractivity contribution < 1.29 is 4.79 Å². The first-order valence-corrected chi connectivity index (χ1v) is 9.02. The summed E-state index contributed by atoms with van der Waals surface area (Å²) in [5.41, 5.74) is 7.00. The maximum absolute atomic E-state index is 12.7. The lowest BCUT2D eigenvalue weighted by molar-refractivity contribution is -0.133.